The number of aryl methyl sites for hydroxylation is 1. The minimum atomic E-state index is -4.15. The fourth-order valence-corrected chi connectivity index (χ4v) is 3.99. The number of rotatable bonds is 6. The van der Waals surface area contributed by atoms with Gasteiger partial charge in [-0.2, -0.15) is 8.42 Å². The molecule has 7 N–H and O–H groups in total. The zero-order valence-corrected chi connectivity index (χ0v) is 18.1. The Morgan fingerprint density at radius 1 is 1.24 bits per heavy atom. The fourth-order valence-electron chi connectivity index (χ4n) is 3.38. The summed E-state index contributed by atoms with van der Waals surface area (Å²) in [7, 11) is -2.55. The van der Waals surface area contributed by atoms with Gasteiger partial charge in [-0.3, -0.25) is 19.7 Å². The third-order valence-electron chi connectivity index (χ3n) is 4.82. The predicted octanol–water partition coefficient (Wildman–Crippen LogP) is -1.94. The minimum absolute atomic E-state index is 0.0615. The summed E-state index contributed by atoms with van der Waals surface area (Å²) in [4.78, 5) is 23.6. The number of carbonyl (C=O) groups excluding carboxylic acids is 1. The van der Waals surface area contributed by atoms with Crippen LogP contribution in [-0.4, -0.2) is 83.1 Å². The number of amides is 1. The smallest absolute Gasteiger partial charge is 0.335 e. The van der Waals surface area contributed by atoms with Crippen LogP contribution in [0.15, 0.2) is 24.3 Å². The van der Waals surface area contributed by atoms with Crippen LogP contribution in [0.5, 0.6) is 5.75 Å². The van der Waals surface area contributed by atoms with Crippen LogP contribution in [0, 0.1) is 5.41 Å². The number of ether oxygens (including phenoxy) is 2. The van der Waals surface area contributed by atoms with Crippen LogP contribution in [0.25, 0.3) is 10.9 Å². The molecule has 0 aliphatic carbocycles. The second kappa shape index (κ2) is 8.95. The maximum atomic E-state index is 12.2. The number of fused-ring (bicyclic) bond motifs is 1. The van der Waals surface area contributed by atoms with Gasteiger partial charge >= 0.3 is 5.97 Å². The number of aromatic nitrogens is 1. The van der Waals surface area contributed by atoms with E-state index < -0.39 is 58.7 Å². The van der Waals surface area contributed by atoms with E-state index in [2.05, 4.69) is 5.32 Å². The van der Waals surface area contributed by atoms with Gasteiger partial charge in [0.05, 0.1) is 6.26 Å². The predicted molar refractivity (Wildman–Crippen MR) is 111 cm³/mol. The Bertz CT molecular complexity index is 1210. The number of hydrogen-bond acceptors (Lipinski definition) is 10. The van der Waals surface area contributed by atoms with E-state index >= 15 is 0 Å². The number of carboxylic acids is 1. The number of aliphatic hydroxyl groups excluding tert-OH is 2. The summed E-state index contributed by atoms with van der Waals surface area (Å²) in [5, 5.41) is 39.4. The van der Waals surface area contributed by atoms with Crippen LogP contribution in [0.2, 0.25) is 0 Å². The monoisotopic (exact) mass is 486 g/mol. The molecule has 1 aliphatic heterocycles. The van der Waals surface area contributed by atoms with Gasteiger partial charge < -0.3 is 35.1 Å². The minimum Gasteiger partial charge on any atom is -0.479 e. The van der Waals surface area contributed by atoms with Crippen LogP contribution in [-0.2, 0) is 30.9 Å². The second-order valence-electron chi connectivity index (χ2n) is 7.30. The first-order valence-electron chi connectivity index (χ1n) is 9.32. The molecule has 5 atom stereocenters. The van der Waals surface area contributed by atoms with Gasteiger partial charge in [-0.15, -0.1) is 0 Å². The molecule has 1 saturated heterocycles. The van der Waals surface area contributed by atoms with Crippen LogP contribution in [0.3, 0.4) is 0 Å². The lowest BCUT2D eigenvalue weighted by Gasteiger charge is -2.39. The lowest BCUT2D eigenvalue weighted by Crippen LogP contribution is -2.62. The Morgan fingerprint density at radius 3 is 2.48 bits per heavy atom. The molecule has 0 radical (unpaired) electrons. The number of aliphatic carboxylic acids is 1. The zero-order chi connectivity index (χ0) is 24.7. The standard InChI is InChI=1S/C18H22N4O10S/c1-22-9-4-3-8(5-7(9)6-10(22)15(25)21-18(19)20)30-17-14(32-33(2,28)29)12(24)11(23)13(31-17)16(26)27/h3-6,11-14,17,23-24H,1-2H3,(H,26,27)(H4,19,20,21,25)/t11-,12-,13-,14+,17+/m0/s1. The third kappa shape index (κ3) is 5.23. The molecule has 1 aliphatic rings. The van der Waals surface area contributed by atoms with E-state index in [4.69, 9.17) is 24.8 Å². The molecule has 0 bridgehead atoms. The lowest BCUT2D eigenvalue weighted by molar-refractivity contribution is -0.264. The van der Waals surface area contributed by atoms with Crippen molar-refractivity contribution < 1.29 is 47.0 Å². The average Bonchev–Trinajstić information content (AvgIpc) is 3.02. The molecule has 180 valence electrons. The molecule has 1 aromatic heterocycles. The van der Waals surface area contributed by atoms with Gasteiger partial charge in [-0.1, -0.05) is 0 Å². The Hall–Kier alpha value is -3.24. The van der Waals surface area contributed by atoms with E-state index in [1.54, 1.807) is 13.1 Å². The molecule has 33 heavy (non-hydrogen) atoms. The largest absolute Gasteiger partial charge is 0.479 e. The van der Waals surface area contributed by atoms with E-state index in [0.29, 0.717) is 17.2 Å². The summed E-state index contributed by atoms with van der Waals surface area (Å²) >= 11 is 0. The van der Waals surface area contributed by atoms with Crippen LogP contribution in [0.1, 0.15) is 10.5 Å². The van der Waals surface area contributed by atoms with Crippen molar-refractivity contribution in [3.8, 4) is 5.75 Å². The highest BCUT2D eigenvalue weighted by Gasteiger charge is 2.50. The maximum Gasteiger partial charge on any atom is 0.335 e. The van der Waals surface area contributed by atoms with E-state index in [0.717, 1.165) is 0 Å². The molecular formula is C18H22N4O10S. The summed E-state index contributed by atoms with van der Waals surface area (Å²) in [6.45, 7) is 0. The van der Waals surface area contributed by atoms with Crippen molar-refractivity contribution in [1.82, 2.24) is 9.88 Å². The molecule has 1 aromatic carbocycles. The number of guanidine groups is 1. The van der Waals surface area contributed by atoms with Gasteiger partial charge in [0.15, 0.2) is 18.2 Å². The van der Waals surface area contributed by atoms with Crippen molar-refractivity contribution in [1.29, 1.82) is 5.41 Å². The summed E-state index contributed by atoms with van der Waals surface area (Å²) in [5.41, 5.74) is 5.95. The van der Waals surface area contributed by atoms with Crippen molar-refractivity contribution in [2.24, 2.45) is 12.8 Å². The van der Waals surface area contributed by atoms with Crippen molar-refractivity contribution in [3.05, 3.63) is 30.0 Å². The fraction of sp³-hybridized carbons (Fsp3) is 0.389. The van der Waals surface area contributed by atoms with Crippen molar-refractivity contribution in [2.75, 3.05) is 6.26 Å². The number of nitrogens with one attached hydrogen (secondary N) is 2. The summed E-state index contributed by atoms with van der Waals surface area (Å²) in [6.07, 6.45) is -8.63. The topological polar surface area (TPSA) is 223 Å². The number of aliphatic hydroxyl groups is 2. The molecule has 0 spiro atoms. The maximum absolute atomic E-state index is 12.2. The lowest BCUT2D eigenvalue weighted by atomic mass is 9.99. The highest BCUT2D eigenvalue weighted by Crippen LogP contribution is 2.30. The number of carboxylic acid groups (broad SMARTS) is 1. The SMILES string of the molecule is Cn1c(C(=O)NC(=N)N)cc2cc(O[C@@H]3O[C@H](C(=O)O)[C@@H](O)[C@H](O)[C@H]3OS(C)(=O)=O)ccc21. The molecule has 2 aromatic rings. The molecule has 0 saturated carbocycles. The van der Waals surface area contributed by atoms with Crippen molar-refractivity contribution in [2.45, 2.75) is 30.7 Å². The molecule has 2 heterocycles. The number of benzene rings is 1. The first kappa shape index (κ1) is 24.4. The first-order chi connectivity index (χ1) is 15.3. The molecular weight excluding hydrogens is 464 g/mol. The van der Waals surface area contributed by atoms with E-state index in [-0.39, 0.29) is 11.4 Å². The van der Waals surface area contributed by atoms with Crippen molar-refractivity contribution in [3.63, 3.8) is 0 Å². The van der Waals surface area contributed by atoms with E-state index in [9.17, 15) is 33.3 Å². The Labute approximate surface area is 187 Å². The average molecular weight is 486 g/mol. The van der Waals surface area contributed by atoms with Crippen LogP contribution >= 0.6 is 0 Å². The summed E-state index contributed by atoms with van der Waals surface area (Å²) in [6, 6.07) is 5.92. The molecule has 1 amide bonds. The van der Waals surface area contributed by atoms with Gasteiger partial charge in [-0.25, -0.2) is 4.79 Å². The quantitative estimate of drug-likeness (QED) is 0.150. The second-order valence-corrected chi connectivity index (χ2v) is 8.91. The van der Waals surface area contributed by atoms with Gasteiger partial charge in [0.25, 0.3) is 16.0 Å². The Kier molecular flexibility index (Phi) is 6.62. The normalized spacial score (nSPS) is 25.5. The van der Waals surface area contributed by atoms with Gasteiger partial charge in [0, 0.05) is 18.0 Å². The Balaban J connectivity index is 1.94. The van der Waals surface area contributed by atoms with Crippen molar-refractivity contribution >= 4 is 38.9 Å². The molecule has 3 rings (SSSR count). The molecule has 15 heteroatoms. The van der Waals surface area contributed by atoms with Crippen LogP contribution < -0.4 is 15.8 Å². The molecule has 0 unspecified atom stereocenters. The third-order valence-corrected chi connectivity index (χ3v) is 5.39. The van der Waals surface area contributed by atoms with Gasteiger partial charge in [0.1, 0.15) is 23.7 Å². The number of nitrogens with zero attached hydrogens (tertiary/aromatic N) is 1. The summed E-state index contributed by atoms with van der Waals surface area (Å²) in [5.74, 6) is -2.70. The van der Waals surface area contributed by atoms with E-state index in [1.165, 1.54) is 22.8 Å². The molecule has 14 nitrogen and oxygen atoms in total. The first-order valence-corrected chi connectivity index (χ1v) is 11.1. The number of hydrogen-bond donors (Lipinski definition) is 6. The Morgan fingerprint density at radius 2 is 1.91 bits per heavy atom. The van der Waals surface area contributed by atoms with Gasteiger partial charge in [-0.05, 0) is 24.3 Å². The number of nitrogens with two attached hydrogens (primary N) is 1. The van der Waals surface area contributed by atoms with E-state index in [1.807, 2.05) is 0 Å². The zero-order valence-electron chi connectivity index (χ0n) is 17.3. The highest BCUT2D eigenvalue weighted by atomic mass is 32.2. The number of carbonyl (C=O) groups is 2. The van der Waals surface area contributed by atoms with Gasteiger partial charge in [0.2, 0.25) is 6.29 Å². The van der Waals surface area contributed by atoms with Crippen LogP contribution in [0.4, 0.5) is 0 Å². The summed E-state index contributed by atoms with van der Waals surface area (Å²) < 4.78 is 40.3. The molecule has 1 fully saturated rings. The highest BCUT2D eigenvalue weighted by molar-refractivity contribution is 7.86.